The van der Waals surface area contributed by atoms with Crippen LogP contribution in [0.3, 0.4) is 0 Å². The number of nitrogens with zero attached hydrogens (tertiary/aromatic N) is 1. The number of fused-ring (bicyclic) bond motifs is 1. The molecule has 0 saturated carbocycles. The number of benzene rings is 2. The number of nitrogens with one attached hydrogen (secondary N) is 2. The van der Waals surface area contributed by atoms with Crippen molar-refractivity contribution in [3.05, 3.63) is 53.6 Å². The van der Waals surface area contributed by atoms with Crippen LogP contribution in [0.25, 0.3) is 0 Å². The molecule has 2 amide bonds. The van der Waals surface area contributed by atoms with E-state index in [-0.39, 0.29) is 12.4 Å². The summed E-state index contributed by atoms with van der Waals surface area (Å²) in [5.74, 6) is -0.888. The number of anilines is 1. The molecule has 1 aliphatic heterocycles. The van der Waals surface area contributed by atoms with Gasteiger partial charge >= 0.3 is 5.97 Å². The number of hydrogen-bond acceptors (Lipinski definition) is 7. The van der Waals surface area contributed by atoms with Crippen LogP contribution >= 0.6 is 0 Å². The highest BCUT2D eigenvalue weighted by molar-refractivity contribution is 5.98. The molecule has 2 aromatic rings. The van der Waals surface area contributed by atoms with Gasteiger partial charge in [0.2, 0.25) is 6.79 Å². The maximum absolute atomic E-state index is 12.2. The van der Waals surface area contributed by atoms with Crippen molar-refractivity contribution in [1.29, 1.82) is 5.26 Å². The van der Waals surface area contributed by atoms with E-state index in [0.717, 1.165) is 0 Å². The van der Waals surface area contributed by atoms with Crippen molar-refractivity contribution in [2.45, 2.75) is 13.0 Å². The van der Waals surface area contributed by atoms with E-state index in [9.17, 15) is 14.4 Å². The summed E-state index contributed by atoms with van der Waals surface area (Å²) in [5, 5.41) is 14.0. The largest absolute Gasteiger partial charge is 0.454 e. The third-order valence-electron chi connectivity index (χ3n) is 4.01. The Bertz CT molecular complexity index is 998. The lowest BCUT2D eigenvalue weighted by atomic mass is 10.2. The van der Waals surface area contributed by atoms with Crippen molar-refractivity contribution in [2.75, 3.05) is 18.7 Å². The van der Waals surface area contributed by atoms with Gasteiger partial charge in [0.05, 0.1) is 11.3 Å². The minimum Gasteiger partial charge on any atom is -0.454 e. The molecule has 0 unspecified atom stereocenters. The van der Waals surface area contributed by atoms with Crippen LogP contribution in [0.15, 0.2) is 42.5 Å². The van der Waals surface area contributed by atoms with Crippen molar-refractivity contribution >= 4 is 23.5 Å². The summed E-state index contributed by atoms with van der Waals surface area (Å²) in [6, 6.07) is 13.1. The molecule has 1 heterocycles. The van der Waals surface area contributed by atoms with Gasteiger partial charge in [0.1, 0.15) is 12.6 Å². The molecule has 0 bridgehead atoms. The molecule has 29 heavy (non-hydrogen) atoms. The summed E-state index contributed by atoms with van der Waals surface area (Å²) >= 11 is 0. The van der Waals surface area contributed by atoms with Gasteiger partial charge in [0.25, 0.3) is 11.8 Å². The fourth-order valence-corrected chi connectivity index (χ4v) is 2.51. The van der Waals surface area contributed by atoms with Gasteiger partial charge in [-0.3, -0.25) is 14.4 Å². The predicted molar refractivity (Wildman–Crippen MR) is 100 cm³/mol. The van der Waals surface area contributed by atoms with Crippen molar-refractivity contribution in [3.8, 4) is 17.6 Å². The number of nitriles is 1. The molecule has 0 spiro atoms. The number of hydrogen-bond donors (Lipinski definition) is 2. The average Bonchev–Trinajstić information content (AvgIpc) is 3.20. The summed E-state index contributed by atoms with van der Waals surface area (Å²) in [5.41, 5.74) is 0.898. The van der Waals surface area contributed by atoms with E-state index in [1.807, 2.05) is 6.07 Å². The summed E-state index contributed by atoms with van der Waals surface area (Å²) in [6.45, 7) is 1.06. The van der Waals surface area contributed by atoms with Crippen LogP contribution in [0.5, 0.6) is 11.5 Å². The van der Waals surface area contributed by atoms with Crippen LogP contribution in [-0.2, 0) is 14.3 Å². The second-order valence-corrected chi connectivity index (χ2v) is 6.03. The van der Waals surface area contributed by atoms with E-state index in [1.54, 1.807) is 30.3 Å². The van der Waals surface area contributed by atoms with Gasteiger partial charge < -0.3 is 24.8 Å². The highest BCUT2D eigenvalue weighted by Crippen LogP contribution is 2.32. The lowest BCUT2D eigenvalue weighted by molar-refractivity contribution is -0.152. The van der Waals surface area contributed by atoms with Crippen LogP contribution in [0.4, 0.5) is 5.69 Å². The monoisotopic (exact) mass is 395 g/mol. The summed E-state index contributed by atoms with van der Waals surface area (Å²) < 4.78 is 15.4. The molecule has 2 aromatic carbocycles. The van der Waals surface area contributed by atoms with Crippen molar-refractivity contribution in [2.24, 2.45) is 0 Å². The van der Waals surface area contributed by atoms with Crippen molar-refractivity contribution < 1.29 is 28.6 Å². The molecule has 9 heteroatoms. The number of ether oxygens (including phenoxy) is 3. The molecule has 0 aliphatic carbocycles. The zero-order valence-electron chi connectivity index (χ0n) is 15.4. The molecule has 148 valence electrons. The Morgan fingerprint density at radius 2 is 1.93 bits per heavy atom. The second-order valence-electron chi connectivity index (χ2n) is 6.03. The number of para-hydroxylation sites is 1. The van der Waals surface area contributed by atoms with Crippen LogP contribution in [-0.4, -0.2) is 37.2 Å². The number of rotatable bonds is 6. The Hall–Kier alpha value is -4.06. The second kappa shape index (κ2) is 8.75. The third-order valence-corrected chi connectivity index (χ3v) is 4.01. The van der Waals surface area contributed by atoms with E-state index in [2.05, 4.69) is 10.6 Å². The number of esters is 1. The number of carbonyl (C=O) groups is 3. The summed E-state index contributed by atoms with van der Waals surface area (Å²) in [7, 11) is 0. The first-order chi connectivity index (χ1) is 14.0. The maximum atomic E-state index is 12.2. The molecule has 3 rings (SSSR count). The summed E-state index contributed by atoms with van der Waals surface area (Å²) in [4.78, 5) is 36.3. The quantitative estimate of drug-likeness (QED) is 0.711. The first-order valence-corrected chi connectivity index (χ1v) is 8.65. The lowest BCUT2D eigenvalue weighted by Gasteiger charge is -2.14. The lowest BCUT2D eigenvalue weighted by Crippen LogP contribution is -2.35. The molecule has 1 aliphatic rings. The van der Waals surface area contributed by atoms with E-state index >= 15 is 0 Å². The number of amides is 2. The molecule has 0 fully saturated rings. The van der Waals surface area contributed by atoms with Crippen molar-refractivity contribution in [1.82, 2.24) is 5.32 Å². The first kappa shape index (κ1) is 19.7. The van der Waals surface area contributed by atoms with E-state index in [4.69, 9.17) is 19.5 Å². The SMILES string of the molecule is C[C@@H](OC(=O)CNC(=O)c1ccc2c(c1)OCO2)C(=O)Nc1ccccc1C#N. The first-order valence-electron chi connectivity index (χ1n) is 8.65. The molecular weight excluding hydrogens is 378 g/mol. The van der Waals surface area contributed by atoms with Gasteiger partial charge in [0, 0.05) is 5.56 Å². The Balaban J connectivity index is 1.49. The highest BCUT2D eigenvalue weighted by atomic mass is 16.7. The highest BCUT2D eigenvalue weighted by Gasteiger charge is 2.20. The van der Waals surface area contributed by atoms with Crippen LogP contribution in [0.1, 0.15) is 22.8 Å². The molecule has 1 atom stereocenters. The van der Waals surface area contributed by atoms with E-state index < -0.39 is 30.4 Å². The molecule has 0 aromatic heterocycles. The molecule has 0 radical (unpaired) electrons. The van der Waals surface area contributed by atoms with Crippen LogP contribution in [0, 0.1) is 11.3 Å². The van der Waals surface area contributed by atoms with Gasteiger partial charge in [-0.15, -0.1) is 0 Å². The minimum atomic E-state index is -1.11. The fraction of sp³-hybridized carbons (Fsp3) is 0.200. The fourth-order valence-electron chi connectivity index (χ4n) is 2.51. The van der Waals surface area contributed by atoms with Gasteiger partial charge in [-0.1, -0.05) is 12.1 Å². The Morgan fingerprint density at radius 3 is 2.72 bits per heavy atom. The third kappa shape index (κ3) is 4.81. The van der Waals surface area contributed by atoms with E-state index in [1.165, 1.54) is 19.1 Å². The van der Waals surface area contributed by atoms with Gasteiger partial charge in [-0.2, -0.15) is 5.26 Å². The zero-order valence-corrected chi connectivity index (χ0v) is 15.4. The van der Waals surface area contributed by atoms with Gasteiger partial charge in [-0.05, 0) is 37.3 Å². The Kier molecular flexibility index (Phi) is 5.94. The van der Waals surface area contributed by atoms with Crippen molar-refractivity contribution in [3.63, 3.8) is 0 Å². The molecule has 0 saturated heterocycles. The molecular formula is C20H17N3O6. The standard InChI is InChI=1S/C20H17N3O6/c1-12(19(25)23-15-5-3-2-4-14(15)9-21)29-18(24)10-22-20(26)13-6-7-16-17(8-13)28-11-27-16/h2-8,12H,10-11H2,1H3,(H,22,26)(H,23,25)/t12-/m1/s1. The smallest absolute Gasteiger partial charge is 0.326 e. The normalized spacial score (nSPS) is 12.4. The summed E-state index contributed by atoms with van der Waals surface area (Å²) in [6.07, 6.45) is -1.11. The van der Waals surface area contributed by atoms with Crippen LogP contribution < -0.4 is 20.1 Å². The zero-order chi connectivity index (χ0) is 20.8. The molecule has 9 nitrogen and oxygen atoms in total. The predicted octanol–water partition coefficient (Wildman–Crippen LogP) is 1.59. The molecule has 2 N–H and O–H groups in total. The number of carbonyl (C=O) groups excluding carboxylic acids is 3. The minimum absolute atomic E-state index is 0.0888. The van der Waals surface area contributed by atoms with E-state index in [0.29, 0.717) is 22.7 Å². The Morgan fingerprint density at radius 1 is 1.17 bits per heavy atom. The van der Waals surface area contributed by atoms with Gasteiger partial charge in [0.15, 0.2) is 17.6 Å². The van der Waals surface area contributed by atoms with Gasteiger partial charge in [-0.25, -0.2) is 0 Å². The van der Waals surface area contributed by atoms with Crippen LogP contribution in [0.2, 0.25) is 0 Å². The average molecular weight is 395 g/mol. The Labute approximate surface area is 166 Å². The maximum Gasteiger partial charge on any atom is 0.326 e. The topological polar surface area (TPSA) is 127 Å².